The van der Waals surface area contributed by atoms with E-state index in [2.05, 4.69) is 21.2 Å². The lowest BCUT2D eigenvalue weighted by Gasteiger charge is -2.54. The van der Waals surface area contributed by atoms with E-state index in [0.717, 1.165) is 73.5 Å². The van der Waals surface area contributed by atoms with Gasteiger partial charge in [0.1, 0.15) is 16.9 Å². The van der Waals surface area contributed by atoms with Gasteiger partial charge in [-0.3, -0.25) is 9.58 Å². The van der Waals surface area contributed by atoms with Crippen molar-refractivity contribution in [2.75, 3.05) is 33.3 Å². The number of hydrogen-bond acceptors (Lipinski definition) is 6. The van der Waals surface area contributed by atoms with Crippen molar-refractivity contribution in [1.82, 2.24) is 29.2 Å². The van der Waals surface area contributed by atoms with Gasteiger partial charge < -0.3 is 14.4 Å². The number of piperidine rings is 1. The number of ether oxygens (including phenoxy) is 2. The van der Waals surface area contributed by atoms with Crippen LogP contribution >= 0.6 is 0 Å². The third-order valence-corrected chi connectivity index (χ3v) is 6.90. The van der Waals surface area contributed by atoms with Crippen molar-refractivity contribution in [3.8, 4) is 16.9 Å². The minimum atomic E-state index is -0.451. The molecule has 0 unspecified atom stereocenters. The molecule has 9 nitrogen and oxygen atoms in total. The molecule has 0 aliphatic carbocycles. The summed E-state index contributed by atoms with van der Waals surface area (Å²) in [6, 6.07) is 2.06. The van der Waals surface area contributed by atoms with Gasteiger partial charge in [-0.05, 0) is 45.1 Å². The van der Waals surface area contributed by atoms with Gasteiger partial charge in [0.05, 0.1) is 19.5 Å². The number of rotatable bonds is 4. The van der Waals surface area contributed by atoms with Gasteiger partial charge in [0.2, 0.25) is 0 Å². The Hall–Kier alpha value is -3.07. The number of likely N-dealkylation sites (tertiary alicyclic amines) is 2. The molecule has 0 N–H and O–H groups in total. The SMILES string of the molecule is COc1cc(-c2cnn(C)c2)cn2ncc(CN3CC4(CCN(C(=O)OC(C)(C)C)CC4)C3)c12. The third-order valence-electron chi connectivity index (χ3n) is 6.90. The van der Waals surface area contributed by atoms with E-state index in [0.29, 0.717) is 5.41 Å². The maximum atomic E-state index is 12.4. The van der Waals surface area contributed by atoms with Crippen LogP contribution in [0.5, 0.6) is 5.75 Å². The van der Waals surface area contributed by atoms with Crippen LogP contribution in [-0.4, -0.2) is 74.2 Å². The number of methoxy groups -OCH3 is 1. The highest BCUT2D eigenvalue weighted by molar-refractivity contribution is 5.73. The second-order valence-corrected chi connectivity index (χ2v) is 10.8. The van der Waals surface area contributed by atoms with Crippen molar-refractivity contribution in [1.29, 1.82) is 0 Å². The lowest BCUT2D eigenvalue weighted by molar-refractivity contribution is -0.0549. The van der Waals surface area contributed by atoms with Crippen LogP contribution in [-0.2, 0) is 18.3 Å². The molecule has 2 aliphatic rings. The molecular weight excluding hydrogens is 432 g/mol. The number of hydrogen-bond donors (Lipinski definition) is 0. The Kier molecular flexibility index (Phi) is 5.55. The van der Waals surface area contributed by atoms with E-state index in [4.69, 9.17) is 9.47 Å². The Bertz CT molecular complexity index is 1190. The fourth-order valence-electron chi connectivity index (χ4n) is 5.21. The molecule has 0 radical (unpaired) electrons. The Morgan fingerprint density at radius 1 is 1.09 bits per heavy atom. The third kappa shape index (κ3) is 4.36. The zero-order chi connectivity index (χ0) is 24.1. The van der Waals surface area contributed by atoms with Gasteiger partial charge in [-0.2, -0.15) is 10.2 Å². The molecule has 0 atom stereocenters. The average molecular weight is 467 g/mol. The van der Waals surface area contributed by atoms with Crippen LogP contribution in [0, 0.1) is 5.41 Å². The van der Waals surface area contributed by atoms with Crippen molar-refractivity contribution >= 4 is 11.6 Å². The zero-order valence-corrected chi connectivity index (χ0v) is 20.7. The number of aromatic nitrogens is 4. The summed E-state index contributed by atoms with van der Waals surface area (Å²) in [6.45, 7) is 10.2. The standard InChI is InChI=1S/C25H34N6O3/c1-24(2,3)34-23(32)30-8-6-25(7-9-30)16-29(17-25)14-20-12-27-31-15-18(10-21(33-5)22(20)31)19-11-26-28(4)13-19/h10-13,15H,6-9,14,16-17H2,1-5H3. The van der Waals surface area contributed by atoms with E-state index in [-0.39, 0.29) is 6.09 Å². The average Bonchev–Trinajstić information content (AvgIpc) is 3.37. The van der Waals surface area contributed by atoms with Crippen molar-refractivity contribution in [3.63, 3.8) is 0 Å². The molecular formula is C25H34N6O3. The Morgan fingerprint density at radius 3 is 2.44 bits per heavy atom. The van der Waals surface area contributed by atoms with Gasteiger partial charge in [0, 0.05) is 68.9 Å². The molecule has 0 saturated carbocycles. The second kappa shape index (κ2) is 8.30. The van der Waals surface area contributed by atoms with Crippen LogP contribution in [0.3, 0.4) is 0 Å². The lowest BCUT2D eigenvalue weighted by atomic mass is 9.72. The van der Waals surface area contributed by atoms with Gasteiger partial charge in [0.15, 0.2) is 0 Å². The highest BCUT2D eigenvalue weighted by Gasteiger charge is 2.45. The first-order valence-electron chi connectivity index (χ1n) is 11.9. The van der Waals surface area contributed by atoms with Crippen LogP contribution in [0.25, 0.3) is 16.6 Å². The molecule has 1 spiro atoms. The molecule has 3 aromatic rings. The first kappa shape index (κ1) is 22.7. The van der Waals surface area contributed by atoms with Crippen molar-refractivity contribution in [2.24, 2.45) is 12.5 Å². The van der Waals surface area contributed by atoms with Crippen LogP contribution in [0.15, 0.2) is 30.9 Å². The second-order valence-electron chi connectivity index (χ2n) is 10.8. The number of carbonyl (C=O) groups is 1. The normalized spacial score (nSPS) is 18.3. The lowest BCUT2D eigenvalue weighted by Crippen LogP contribution is -2.60. The molecule has 2 saturated heterocycles. The van der Waals surface area contributed by atoms with Crippen LogP contribution in [0.4, 0.5) is 4.79 Å². The Balaban J connectivity index is 1.23. The van der Waals surface area contributed by atoms with Gasteiger partial charge in [0.25, 0.3) is 0 Å². The van der Waals surface area contributed by atoms with Gasteiger partial charge >= 0.3 is 6.09 Å². The van der Waals surface area contributed by atoms with E-state index >= 15 is 0 Å². The predicted molar refractivity (Wildman–Crippen MR) is 129 cm³/mol. The van der Waals surface area contributed by atoms with Crippen LogP contribution in [0.2, 0.25) is 0 Å². The van der Waals surface area contributed by atoms with Gasteiger partial charge in [-0.1, -0.05) is 0 Å². The molecule has 1 amide bonds. The molecule has 2 aliphatic heterocycles. The van der Waals surface area contributed by atoms with Crippen LogP contribution < -0.4 is 4.74 Å². The summed E-state index contributed by atoms with van der Waals surface area (Å²) < 4.78 is 15.0. The first-order chi connectivity index (χ1) is 16.1. The molecule has 5 heterocycles. The predicted octanol–water partition coefficient (Wildman–Crippen LogP) is 3.58. The Labute approximate surface area is 200 Å². The first-order valence-corrected chi connectivity index (χ1v) is 11.9. The summed E-state index contributed by atoms with van der Waals surface area (Å²) >= 11 is 0. The minimum Gasteiger partial charge on any atom is -0.494 e. The molecule has 0 bridgehead atoms. The van der Waals surface area contributed by atoms with E-state index in [1.165, 1.54) is 0 Å². The number of carbonyl (C=O) groups excluding carboxylic acids is 1. The summed E-state index contributed by atoms with van der Waals surface area (Å²) in [5.74, 6) is 0.815. The van der Waals surface area contributed by atoms with Crippen molar-refractivity contribution < 1.29 is 14.3 Å². The van der Waals surface area contributed by atoms with Gasteiger partial charge in [-0.25, -0.2) is 9.31 Å². The van der Waals surface area contributed by atoms with Crippen molar-refractivity contribution in [3.05, 3.63) is 36.4 Å². The molecule has 9 heteroatoms. The highest BCUT2D eigenvalue weighted by Crippen LogP contribution is 2.42. The summed E-state index contributed by atoms with van der Waals surface area (Å²) in [4.78, 5) is 16.7. The number of pyridine rings is 1. The largest absolute Gasteiger partial charge is 0.494 e. The summed E-state index contributed by atoms with van der Waals surface area (Å²) in [7, 11) is 3.61. The quantitative estimate of drug-likeness (QED) is 0.585. The summed E-state index contributed by atoms with van der Waals surface area (Å²) in [6.07, 6.45) is 9.66. The number of nitrogens with zero attached hydrogens (tertiary/aromatic N) is 6. The molecule has 0 aromatic carbocycles. The number of aryl methyl sites for hydroxylation is 1. The maximum absolute atomic E-state index is 12.4. The number of amides is 1. The molecule has 3 aromatic heterocycles. The minimum absolute atomic E-state index is 0.192. The highest BCUT2D eigenvalue weighted by atomic mass is 16.6. The number of fused-ring (bicyclic) bond motifs is 1. The summed E-state index contributed by atoms with van der Waals surface area (Å²) in [5.41, 5.74) is 4.08. The van der Waals surface area contributed by atoms with Crippen LogP contribution in [0.1, 0.15) is 39.2 Å². The van der Waals surface area contributed by atoms with Crippen molar-refractivity contribution in [2.45, 2.75) is 45.8 Å². The fraction of sp³-hybridized carbons (Fsp3) is 0.560. The van der Waals surface area contributed by atoms with E-state index in [1.807, 2.05) is 62.0 Å². The summed E-state index contributed by atoms with van der Waals surface area (Å²) in [5, 5.41) is 8.89. The van der Waals surface area contributed by atoms with E-state index < -0.39 is 5.60 Å². The molecule has 2 fully saturated rings. The molecule has 34 heavy (non-hydrogen) atoms. The molecule has 182 valence electrons. The maximum Gasteiger partial charge on any atom is 0.410 e. The van der Waals surface area contributed by atoms with E-state index in [9.17, 15) is 4.79 Å². The van der Waals surface area contributed by atoms with E-state index in [1.54, 1.807) is 11.8 Å². The zero-order valence-electron chi connectivity index (χ0n) is 20.7. The topological polar surface area (TPSA) is 77.1 Å². The Morgan fingerprint density at radius 2 is 1.82 bits per heavy atom. The monoisotopic (exact) mass is 466 g/mol. The smallest absolute Gasteiger partial charge is 0.410 e. The fourth-order valence-corrected chi connectivity index (χ4v) is 5.21. The van der Waals surface area contributed by atoms with Gasteiger partial charge in [-0.15, -0.1) is 0 Å². The molecule has 5 rings (SSSR count).